The number of benzene rings is 1. The number of sulfonamides is 1. The van der Waals surface area contributed by atoms with Gasteiger partial charge in [0, 0.05) is 6.42 Å². The Kier molecular flexibility index (Phi) is 2.26. The molecule has 0 saturated heterocycles. The monoisotopic (exact) mass is 225 g/mol. The minimum atomic E-state index is -3.50. The highest BCUT2D eigenvalue weighted by Crippen LogP contribution is 2.29. The minimum absolute atomic E-state index is 0.254. The Morgan fingerprint density at radius 2 is 1.87 bits per heavy atom. The van der Waals surface area contributed by atoms with Crippen molar-refractivity contribution in [1.29, 1.82) is 0 Å². The Balaban J connectivity index is 2.61. The predicted octanol–water partition coefficient (Wildman–Crippen LogP) is 0.925. The molecule has 0 bridgehead atoms. The molecule has 0 radical (unpaired) electrons. The molecule has 1 aliphatic rings. The maximum atomic E-state index is 11.6. The van der Waals surface area contributed by atoms with E-state index in [1.165, 1.54) is 0 Å². The summed E-state index contributed by atoms with van der Waals surface area (Å²) in [5.41, 5.74) is 1.40. The van der Waals surface area contributed by atoms with E-state index >= 15 is 0 Å². The van der Waals surface area contributed by atoms with Gasteiger partial charge in [0.2, 0.25) is 15.9 Å². The van der Waals surface area contributed by atoms with Crippen molar-refractivity contribution in [2.45, 2.75) is 12.8 Å². The summed E-state index contributed by atoms with van der Waals surface area (Å²) in [5.74, 6) is -0.351. The van der Waals surface area contributed by atoms with Crippen LogP contribution in [-0.2, 0) is 21.2 Å². The summed E-state index contributed by atoms with van der Waals surface area (Å²) < 4.78 is 23.8. The van der Waals surface area contributed by atoms with Gasteiger partial charge in [0.1, 0.15) is 0 Å². The molecule has 80 valence electrons. The fourth-order valence-electron chi connectivity index (χ4n) is 1.76. The first-order chi connectivity index (χ1) is 7.00. The van der Waals surface area contributed by atoms with Crippen LogP contribution in [0.4, 0.5) is 5.69 Å². The molecule has 0 atom stereocenters. The van der Waals surface area contributed by atoms with Gasteiger partial charge in [-0.05, 0) is 18.1 Å². The van der Waals surface area contributed by atoms with Gasteiger partial charge in [-0.1, -0.05) is 18.2 Å². The first-order valence-corrected chi connectivity index (χ1v) is 6.46. The van der Waals surface area contributed by atoms with Gasteiger partial charge in [-0.15, -0.1) is 0 Å². The van der Waals surface area contributed by atoms with Gasteiger partial charge in [-0.2, -0.15) is 0 Å². The SMILES string of the molecule is CS(=O)(=O)N1C(=O)CCc2ccccc21. The van der Waals surface area contributed by atoms with Crippen LogP contribution in [0.15, 0.2) is 24.3 Å². The first kappa shape index (κ1) is 10.2. The fraction of sp³-hybridized carbons (Fsp3) is 0.300. The van der Waals surface area contributed by atoms with Crippen LogP contribution in [0.25, 0.3) is 0 Å². The summed E-state index contributed by atoms with van der Waals surface area (Å²) >= 11 is 0. The maximum absolute atomic E-state index is 11.6. The zero-order valence-corrected chi connectivity index (χ0v) is 9.12. The molecule has 2 rings (SSSR count). The summed E-state index contributed by atoms with van der Waals surface area (Å²) in [5, 5.41) is 0. The van der Waals surface area contributed by atoms with Crippen LogP contribution in [0.3, 0.4) is 0 Å². The molecule has 0 fully saturated rings. The van der Waals surface area contributed by atoms with E-state index in [1.807, 2.05) is 12.1 Å². The van der Waals surface area contributed by atoms with Crippen molar-refractivity contribution in [2.24, 2.45) is 0 Å². The molecule has 0 saturated carbocycles. The lowest BCUT2D eigenvalue weighted by molar-refractivity contribution is -0.117. The van der Waals surface area contributed by atoms with Crippen LogP contribution in [0, 0.1) is 0 Å². The number of hydrogen-bond donors (Lipinski definition) is 0. The first-order valence-electron chi connectivity index (χ1n) is 4.61. The lowest BCUT2D eigenvalue weighted by Gasteiger charge is -2.26. The number of aryl methyl sites for hydroxylation is 1. The molecule has 0 N–H and O–H groups in total. The number of para-hydroxylation sites is 1. The van der Waals surface area contributed by atoms with Gasteiger partial charge in [-0.3, -0.25) is 4.79 Å². The van der Waals surface area contributed by atoms with Gasteiger partial charge >= 0.3 is 0 Å². The average Bonchev–Trinajstić information content (AvgIpc) is 2.15. The third-order valence-corrected chi connectivity index (χ3v) is 3.44. The highest BCUT2D eigenvalue weighted by Gasteiger charge is 2.30. The molecule has 1 heterocycles. The van der Waals surface area contributed by atoms with Crippen LogP contribution in [0.5, 0.6) is 0 Å². The quantitative estimate of drug-likeness (QED) is 0.714. The Morgan fingerprint density at radius 1 is 1.20 bits per heavy atom. The van der Waals surface area contributed by atoms with Gasteiger partial charge in [0.05, 0.1) is 11.9 Å². The molecule has 1 aromatic rings. The molecule has 1 amide bonds. The second-order valence-electron chi connectivity index (χ2n) is 3.55. The van der Waals surface area contributed by atoms with Crippen molar-refractivity contribution < 1.29 is 13.2 Å². The third kappa shape index (κ3) is 1.74. The lowest BCUT2D eigenvalue weighted by atomic mass is 10.0. The second-order valence-corrected chi connectivity index (χ2v) is 5.38. The summed E-state index contributed by atoms with van der Waals surface area (Å²) in [7, 11) is -3.50. The molecule has 0 unspecified atom stereocenters. The van der Waals surface area contributed by atoms with E-state index in [9.17, 15) is 13.2 Å². The van der Waals surface area contributed by atoms with E-state index in [0.29, 0.717) is 12.1 Å². The zero-order valence-electron chi connectivity index (χ0n) is 8.30. The second kappa shape index (κ2) is 3.34. The summed E-state index contributed by atoms with van der Waals surface area (Å²) in [6.45, 7) is 0. The largest absolute Gasteiger partial charge is 0.273 e. The number of nitrogens with zero attached hydrogens (tertiary/aromatic N) is 1. The summed E-state index contributed by atoms with van der Waals surface area (Å²) in [4.78, 5) is 11.6. The topological polar surface area (TPSA) is 54.5 Å². The number of carbonyl (C=O) groups excluding carboxylic acids is 1. The molecule has 4 nitrogen and oxygen atoms in total. The van der Waals surface area contributed by atoms with Gasteiger partial charge in [0.15, 0.2) is 0 Å². The average molecular weight is 225 g/mol. The van der Waals surface area contributed by atoms with Crippen LogP contribution >= 0.6 is 0 Å². The Hall–Kier alpha value is -1.36. The standard InChI is InChI=1S/C10H11NO3S/c1-15(13,14)11-9-5-3-2-4-8(9)6-7-10(11)12/h2-5H,6-7H2,1H3. The van der Waals surface area contributed by atoms with E-state index < -0.39 is 10.0 Å². The minimum Gasteiger partial charge on any atom is -0.273 e. The highest BCUT2D eigenvalue weighted by molar-refractivity contribution is 7.92. The summed E-state index contributed by atoms with van der Waals surface area (Å²) in [6, 6.07) is 7.08. The number of fused-ring (bicyclic) bond motifs is 1. The molecular formula is C10H11NO3S. The molecule has 1 aliphatic heterocycles. The molecule has 5 heteroatoms. The number of carbonyl (C=O) groups is 1. The number of rotatable bonds is 1. The summed E-state index contributed by atoms with van der Waals surface area (Å²) in [6.07, 6.45) is 1.91. The van der Waals surface area contributed by atoms with Crippen molar-refractivity contribution in [3.05, 3.63) is 29.8 Å². The van der Waals surface area contributed by atoms with E-state index in [2.05, 4.69) is 0 Å². The Morgan fingerprint density at radius 3 is 2.53 bits per heavy atom. The smallest absolute Gasteiger partial charge is 0.241 e. The van der Waals surface area contributed by atoms with Gasteiger partial charge < -0.3 is 0 Å². The van der Waals surface area contributed by atoms with E-state index in [-0.39, 0.29) is 12.3 Å². The number of hydrogen-bond acceptors (Lipinski definition) is 3. The zero-order chi connectivity index (χ0) is 11.1. The number of amides is 1. The Labute approximate surface area is 88.6 Å². The fourth-order valence-corrected chi connectivity index (χ4v) is 2.76. The van der Waals surface area contributed by atoms with Gasteiger partial charge in [-0.25, -0.2) is 12.7 Å². The third-order valence-electron chi connectivity index (χ3n) is 2.38. The van der Waals surface area contributed by atoms with Crippen molar-refractivity contribution in [2.75, 3.05) is 10.6 Å². The highest BCUT2D eigenvalue weighted by atomic mass is 32.2. The molecule has 0 aliphatic carbocycles. The van der Waals surface area contributed by atoms with Gasteiger partial charge in [0.25, 0.3) is 0 Å². The predicted molar refractivity (Wildman–Crippen MR) is 57.1 cm³/mol. The molecule has 0 spiro atoms. The Bertz CT molecular complexity index is 507. The van der Waals surface area contributed by atoms with Crippen LogP contribution < -0.4 is 4.31 Å². The molecular weight excluding hydrogens is 214 g/mol. The molecule has 1 aromatic carbocycles. The van der Waals surface area contributed by atoms with E-state index in [4.69, 9.17) is 0 Å². The van der Waals surface area contributed by atoms with Crippen LogP contribution in [0.2, 0.25) is 0 Å². The molecule has 0 aromatic heterocycles. The van der Waals surface area contributed by atoms with Crippen molar-refractivity contribution >= 4 is 21.6 Å². The number of anilines is 1. The van der Waals surface area contributed by atoms with Crippen LogP contribution in [0.1, 0.15) is 12.0 Å². The molecule has 15 heavy (non-hydrogen) atoms. The maximum Gasteiger partial charge on any atom is 0.241 e. The van der Waals surface area contributed by atoms with Crippen LogP contribution in [-0.4, -0.2) is 20.6 Å². The van der Waals surface area contributed by atoms with E-state index in [0.717, 1.165) is 16.1 Å². The normalized spacial score (nSPS) is 16.3. The van der Waals surface area contributed by atoms with E-state index in [1.54, 1.807) is 12.1 Å². The van der Waals surface area contributed by atoms with Crippen molar-refractivity contribution in [3.8, 4) is 0 Å². The lowest BCUT2D eigenvalue weighted by Crippen LogP contribution is -2.39. The van der Waals surface area contributed by atoms with Crippen molar-refractivity contribution in [3.63, 3.8) is 0 Å². The van der Waals surface area contributed by atoms with Crippen molar-refractivity contribution in [1.82, 2.24) is 0 Å².